The average molecular weight is 428 g/mol. The van der Waals surface area contributed by atoms with Gasteiger partial charge in [0.2, 0.25) is 0 Å². The molecule has 1 aliphatic heterocycles. The number of esters is 1. The summed E-state index contributed by atoms with van der Waals surface area (Å²) in [5.74, 6) is -1.01. The molecule has 8 heteroatoms. The number of nitrogens with one attached hydrogen (secondary N) is 1. The molecule has 5 nitrogen and oxygen atoms in total. The van der Waals surface area contributed by atoms with Crippen LogP contribution in [0.4, 0.5) is 8.78 Å². The molecule has 0 radical (unpaired) electrons. The third-order valence-electron chi connectivity index (χ3n) is 4.90. The zero-order valence-corrected chi connectivity index (χ0v) is 16.8. The van der Waals surface area contributed by atoms with Crippen LogP contribution in [-0.2, 0) is 9.53 Å². The number of hydrogen-bond donors (Lipinski definition) is 2. The highest BCUT2D eigenvalue weighted by molar-refractivity contribution is 7.81. The maximum atomic E-state index is 13.4. The van der Waals surface area contributed by atoms with Crippen LogP contribution in [0, 0.1) is 11.6 Å². The van der Waals surface area contributed by atoms with Crippen molar-refractivity contribution < 1.29 is 23.4 Å². The number of hydrogen-bond acceptors (Lipinski definition) is 5. The van der Waals surface area contributed by atoms with E-state index in [4.69, 9.17) is 17.0 Å². The summed E-state index contributed by atoms with van der Waals surface area (Å²) in [5.41, 5.74) is 1.12. The molecule has 1 aliphatic rings. The lowest BCUT2D eigenvalue weighted by Gasteiger charge is -2.32. The number of thiocarbonyl (C=S) groups is 1. The molecule has 2 aromatic carbocycles. The van der Waals surface area contributed by atoms with Gasteiger partial charge < -0.3 is 14.8 Å². The Balaban J connectivity index is 1.77. The summed E-state index contributed by atoms with van der Waals surface area (Å²) in [6, 6.07) is 11.6. The Morgan fingerprint density at radius 2 is 1.70 bits per heavy atom. The van der Waals surface area contributed by atoms with Gasteiger partial charge in [0.25, 0.3) is 0 Å². The van der Waals surface area contributed by atoms with Gasteiger partial charge in [-0.25, -0.2) is 13.8 Å². The van der Waals surface area contributed by atoms with Crippen LogP contribution in [0.5, 0.6) is 0 Å². The Kier molecular flexibility index (Phi) is 5.21. The van der Waals surface area contributed by atoms with Gasteiger partial charge in [0.1, 0.15) is 23.6 Å². The van der Waals surface area contributed by atoms with E-state index in [0.29, 0.717) is 28.3 Å². The van der Waals surface area contributed by atoms with Gasteiger partial charge in [-0.3, -0.25) is 4.79 Å². The summed E-state index contributed by atoms with van der Waals surface area (Å²) >= 11 is 5.51. The number of ether oxygens (including phenoxy) is 1. The minimum Gasteiger partial charge on any atom is -0.456 e. The fraction of sp³-hybridized carbons (Fsp3) is 0.227. The smallest absolute Gasteiger partial charge is 0.309 e. The van der Waals surface area contributed by atoms with Crippen molar-refractivity contribution in [1.29, 1.82) is 0 Å². The standard InChI is InChI=1S/C22H18F2N2O3S/c1-22(28)10-16(29-17(27)11-22)20(30)21-25-18(12-2-6-14(23)7-3-12)19(26-21)13-4-8-15(24)9-5-13/h2-9,16,28H,10-11H2,1H3,(H,25,26)/t16-,22-/m0/s1. The number of aromatic nitrogens is 2. The predicted molar refractivity (Wildman–Crippen MR) is 111 cm³/mol. The highest BCUT2D eigenvalue weighted by Gasteiger charge is 2.39. The first-order valence-corrected chi connectivity index (χ1v) is 9.71. The van der Waals surface area contributed by atoms with Crippen molar-refractivity contribution in [2.45, 2.75) is 31.5 Å². The minimum atomic E-state index is -1.23. The predicted octanol–water partition coefficient (Wildman–Crippen LogP) is 4.20. The van der Waals surface area contributed by atoms with E-state index >= 15 is 0 Å². The van der Waals surface area contributed by atoms with Crippen LogP contribution in [0.25, 0.3) is 22.5 Å². The number of carbonyl (C=O) groups excluding carboxylic acids is 1. The van der Waals surface area contributed by atoms with Crippen molar-refractivity contribution in [1.82, 2.24) is 9.97 Å². The first-order chi connectivity index (χ1) is 14.2. The van der Waals surface area contributed by atoms with Gasteiger partial charge in [0.05, 0.1) is 28.3 Å². The zero-order valence-electron chi connectivity index (χ0n) is 16.0. The highest BCUT2D eigenvalue weighted by atomic mass is 32.1. The molecule has 0 saturated carbocycles. The number of rotatable bonds is 4. The number of aromatic amines is 1. The number of nitrogens with zero attached hydrogens (tertiary/aromatic N) is 1. The Bertz CT molecular complexity index is 1050. The number of imidazole rings is 1. The molecule has 1 aromatic heterocycles. The van der Waals surface area contributed by atoms with Gasteiger partial charge in [-0.15, -0.1) is 0 Å². The Hall–Kier alpha value is -2.97. The summed E-state index contributed by atoms with van der Waals surface area (Å²) in [6.07, 6.45) is -0.772. The van der Waals surface area contributed by atoms with Crippen molar-refractivity contribution in [2.75, 3.05) is 0 Å². The van der Waals surface area contributed by atoms with Gasteiger partial charge in [-0.2, -0.15) is 0 Å². The second-order valence-corrected chi connectivity index (χ2v) is 7.98. The molecule has 1 saturated heterocycles. The largest absolute Gasteiger partial charge is 0.456 e. The number of carbonyl (C=O) groups is 1. The topological polar surface area (TPSA) is 75.2 Å². The second kappa shape index (κ2) is 7.70. The van der Waals surface area contributed by atoms with Crippen LogP contribution >= 0.6 is 12.2 Å². The number of aliphatic hydroxyl groups is 1. The quantitative estimate of drug-likeness (QED) is 0.370. The van der Waals surface area contributed by atoms with Gasteiger partial charge in [0, 0.05) is 17.5 Å². The van der Waals surface area contributed by atoms with E-state index in [-0.39, 0.29) is 29.3 Å². The molecule has 2 heterocycles. The van der Waals surface area contributed by atoms with Crippen molar-refractivity contribution >= 4 is 23.1 Å². The van der Waals surface area contributed by atoms with E-state index in [1.165, 1.54) is 24.3 Å². The SMILES string of the molecule is C[C@@]1(O)CC(=O)O[C@H](C(=S)c2nc(-c3ccc(F)cc3)c(-c3ccc(F)cc3)[nH]2)C1. The Morgan fingerprint density at radius 1 is 1.13 bits per heavy atom. The molecule has 0 amide bonds. The molecule has 30 heavy (non-hydrogen) atoms. The average Bonchev–Trinajstić information content (AvgIpc) is 3.12. The van der Waals surface area contributed by atoms with Gasteiger partial charge in [0.15, 0.2) is 0 Å². The molecular weight excluding hydrogens is 410 g/mol. The summed E-state index contributed by atoms with van der Waals surface area (Å²) in [7, 11) is 0. The third kappa shape index (κ3) is 4.15. The summed E-state index contributed by atoms with van der Waals surface area (Å²) in [4.78, 5) is 19.8. The van der Waals surface area contributed by atoms with Crippen molar-refractivity contribution in [3.05, 3.63) is 66.0 Å². The van der Waals surface area contributed by atoms with E-state index < -0.39 is 17.7 Å². The molecule has 3 aromatic rings. The molecule has 2 N–H and O–H groups in total. The molecule has 154 valence electrons. The van der Waals surface area contributed by atoms with Crippen LogP contribution < -0.4 is 0 Å². The normalized spacial score (nSPS) is 21.3. The number of halogens is 2. The van der Waals surface area contributed by atoms with Crippen LogP contribution in [-0.4, -0.2) is 37.6 Å². The first kappa shape index (κ1) is 20.3. The van der Waals surface area contributed by atoms with Gasteiger partial charge in [-0.1, -0.05) is 12.2 Å². The van der Waals surface area contributed by atoms with E-state index in [2.05, 4.69) is 9.97 Å². The minimum absolute atomic E-state index is 0.105. The highest BCUT2D eigenvalue weighted by Crippen LogP contribution is 2.33. The van der Waals surface area contributed by atoms with Gasteiger partial charge in [-0.05, 0) is 55.5 Å². The molecular formula is C22H18F2N2O3S. The monoisotopic (exact) mass is 428 g/mol. The van der Waals surface area contributed by atoms with E-state index in [0.717, 1.165) is 0 Å². The lowest BCUT2D eigenvalue weighted by Crippen LogP contribution is -2.44. The van der Waals surface area contributed by atoms with E-state index in [9.17, 15) is 18.7 Å². The molecule has 0 spiro atoms. The second-order valence-electron chi connectivity index (χ2n) is 7.54. The fourth-order valence-electron chi connectivity index (χ4n) is 3.46. The maximum absolute atomic E-state index is 13.4. The zero-order chi connectivity index (χ0) is 21.5. The Morgan fingerprint density at radius 3 is 2.27 bits per heavy atom. The van der Waals surface area contributed by atoms with Crippen LogP contribution in [0.15, 0.2) is 48.5 Å². The fourth-order valence-corrected chi connectivity index (χ4v) is 3.68. The molecule has 0 aliphatic carbocycles. The van der Waals surface area contributed by atoms with Crippen molar-refractivity contribution in [3.63, 3.8) is 0 Å². The molecule has 4 rings (SSSR count). The number of cyclic esters (lactones) is 1. The lowest BCUT2D eigenvalue weighted by atomic mass is 9.91. The molecule has 1 fully saturated rings. The van der Waals surface area contributed by atoms with Crippen LogP contribution in [0.3, 0.4) is 0 Å². The lowest BCUT2D eigenvalue weighted by molar-refractivity contribution is -0.162. The molecule has 0 bridgehead atoms. The first-order valence-electron chi connectivity index (χ1n) is 9.30. The third-order valence-corrected chi connectivity index (χ3v) is 5.36. The van der Waals surface area contributed by atoms with Gasteiger partial charge >= 0.3 is 5.97 Å². The number of H-pyrrole nitrogens is 1. The van der Waals surface area contributed by atoms with Crippen LogP contribution in [0.2, 0.25) is 0 Å². The van der Waals surface area contributed by atoms with Crippen molar-refractivity contribution in [3.8, 4) is 22.5 Å². The van der Waals surface area contributed by atoms with Crippen molar-refractivity contribution in [2.24, 2.45) is 0 Å². The summed E-state index contributed by atoms with van der Waals surface area (Å²) < 4.78 is 32.1. The van der Waals surface area contributed by atoms with Crippen LogP contribution in [0.1, 0.15) is 25.6 Å². The van der Waals surface area contributed by atoms with E-state index in [1.807, 2.05) is 0 Å². The van der Waals surface area contributed by atoms with E-state index in [1.54, 1.807) is 31.2 Å². The summed E-state index contributed by atoms with van der Waals surface area (Å²) in [5, 5.41) is 10.3. The maximum Gasteiger partial charge on any atom is 0.309 e. The molecule has 0 unspecified atom stereocenters. The molecule has 2 atom stereocenters. The summed E-state index contributed by atoms with van der Waals surface area (Å²) in [6.45, 7) is 1.55. The number of benzene rings is 2. The Labute approximate surface area is 176 Å².